The Morgan fingerprint density at radius 2 is 1.71 bits per heavy atom. The van der Waals surface area contributed by atoms with Crippen molar-refractivity contribution < 1.29 is 4.79 Å². The summed E-state index contributed by atoms with van der Waals surface area (Å²) in [6.07, 6.45) is 1.80. The number of hydrogen-bond donors (Lipinski definition) is 0. The molecule has 2 aliphatic heterocycles. The molecular formula is C25H27N5O2S2. The first-order chi connectivity index (χ1) is 16.2. The fourth-order valence-electron chi connectivity index (χ4n) is 4.47. The van der Waals surface area contributed by atoms with Crippen molar-refractivity contribution in [3.8, 4) is 6.07 Å². The molecule has 176 valence electrons. The van der Waals surface area contributed by atoms with Gasteiger partial charge >= 0.3 is 0 Å². The van der Waals surface area contributed by atoms with E-state index in [0.29, 0.717) is 27.9 Å². The van der Waals surface area contributed by atoms with Gasteiger partial charge in [0, 0.05) is 50.5 Å². The van der Waals surface area contributed by atoms with Crippen LogP contribution in [0.3, 0.4) is 0 Å². The maximum atomic E-state index is 13.1. The van der Waals surface area contributed by atoms with E-state index < -0.39 is 0 Å². The predicted octanol–water partition coefficient (Wildman–Crippen LogP) is 3.50. The molecule has 0 bridgehead atoms. The third kappa shape index (κ3) is 4.24. The molecule has 2 saturated heterocycles. The van der Waals surface area contributed by atoms with E-state index in [1.165, 1.54) is 17.4 Å². The molecule has 3 heterocycles. The minimum atomic E-state index is -0.327. The van der Waals surface area contributed by atoms with Crippen molar-refractivity contribution in [1.29, 1.82) is 5.26 Å². The molecule has 4 rings (SSSR count). The molecule has 2 aliphatic rings. The number of pyridine rings is 1. The second-order valence-corrected chi connectivity index (χ2v) is 10.3. The molecule has 0 aliphatic carbocycles. The molecule has 0 atom stereocenters. The molecular weight excluding hydrogens is 466 g/mol. The first-order valence-electron chi connectivity index (χ1n) is 11.2. The highest BCUT2D eigenvalue weighted by molar-refractivity contribution is 8.26. The van der Waals surface area contributed by atoms with Gasteiger partial charge in [-0.2, -0.15) is 5.26 Å². The molecule has 0 unspecified atom stereocenters. The first kappa shape index (κ1) is 24.0. The number of aromatic nitrogens is 1. The summed E-state index contributed by atoms with van der Waals surface area (Å²) in [7, 11) is 1.69. The summed E-state index contributed by atoms with van der Waals surface area (Å²) >= 11 is 6.70. The smallest absolute Gasteiger partial charge is 0.270 e. The standard InChI is InChI=1S/C25H27N5O2S2/c1-16(2)30-24(32)21(34-25(30)33)14-19-17(3)20(15-26)23(31)27(4)22(19)29-12-10-28(11-13-29)18-8-6-5-7-9-18/h5-9,14,16H,10-13H2,1-4H3. The predicted molar refractivity (Wildman–Crippen MR) is 142 cm³/mol. The Balaban J connectivity index is 1.75. The summed E-state index contributed by atoms with van der Waals surface area (Å²) in [5, 5.41) is 9.67. The number of para-hydroxylation sites is 1. The Hall–Kier alpha value is -3.09. The van der Waals surface area contributed by atoms with Crippen LogP contribution < -0.4 is 15.4 Å². The van der Waals surface area contributed by atoms with Crippen molar-refractivity contribution in [2.24, 2.45) is 7.05 Å². The minimum absolute atomic E-state index is 0.0418. The van der Waals surface area contributed by atoms with Crippen LogP contribution in [-0.4, -0.2) is 51.9 Å². The van der Waals surface area contributed by atoms with E-state index in [1.807, 2.05) is 32.0 Å². The molecule has 0 spiro atoms. The van der Waals surface area contributed by atoms with E-state index >= 15 is 0 Å². The fourth-order valence-corrected chi connectivity index (χ4v) is 5.97. The van der Waals surface area contributed by atoms with Gasteiger partial charge in [0.1, 0.15) is 21.8 Å². The zero-order chi connectivity index (χ0) is 24.6. The largest absolute Gasteiger partial charge is 0.368 e. The molecule has 9 heteroatoms. The number of carbonyl (C=O) groups excluding carboxylic acids is 1. The molecule has 34 heavy (non-hydrogen) atoms. The number of piperazine rings is 1. The van der Waals surface area contributed by atoms with Gasteiger partial charge in [-0.05, 0) is 44.5 Å². The van der Waals surface area contributed by atoms with E-state index in [4.69, 9.17) is 12.2 Å². The number of carbonyl (C=O) groups is 1. The number of hydrogen-bond acceptors (Lipinski definition) is 7. The molecule has 0 N–H and O–H groups in total. The Labute approximate surface area is 209 Å². The molecule has 2 fully saturated rings. The van der Waals surface area contributed by atoms with Crippen molar-refractivity contribution in [1.82, 2.24) is 9.47 Å². The Kier molecular flexibility index (Phi) is 6.82. The molecule has 1 amide bonds. The van der Waals surface area contributed by atoms with Crippen LogP contribution in [0.5, 0.6) is 0 Å². The van der Waals surface area contributed by atoms with Crippen LogP contribution in [-0.2, 0) is 11.8 Å². The zero-order valence-electron chi connectivity index (χ0n) is 19.7. The maximum Gasteiger partial charge on any atom is 0.270 e. The molecule has 0 saturated carbocycles. The quantitative estimate of drug-likeness (QED) is 0.477. The number of nitriles is 1. The number of thioether (sulfide) groups is 1. The molecule has 0 radical (unpaired) electrons. The van der Waals surface area contributed by atoms with E-state index in [2.05, 4.69) is 28.0 Å². The summed E-state index contributed by atoms with van der Waals surface area (Å²) in [6, 6.07) is 12.3. The summed E-state index contributed by atoms with van der Waals surface area (Å²) in [6.45, 7) is 8.65. The number of thiocarbonyl (C=S) groups is 1. The highest BCUT2D eigenvalue weighted by atomic mass is 32.2. The summed E-state index contributed by atoms with van der Waals surface area (Å²) in [4.78, 5) is 32.7. The highest BCUT2D eigenvalue weighted by Crippen LogP contribution is 2.36. The van der Waals surface area contributed by atoms with Crippen LogP contribution in [0.15, 0.2) is 40.0 Å². The lowest BCUT2D eigenvalue weighted by atomic mass is 10.0. The second-order valence-electron chi connectivity index (χ2n) is 8.67. The van der Waals surface area contributed by atoms with Crippen LogP contribution in [0.4, 0.5) is 11.5 Å². The zero-order valence-corrected chi connectivity index (χ0v) is 21.4. The average Bonchev–Trinajstić information content (AvgIpc) is 3.11. The van der Waals surface area contributed by atoms with Crippen LogP contribution in [0, 0.1) is 18.3 Å². The van der Waals surface area contributed by atoms with Crippen LogP contribution >= 0.6 is 24.0 Å². The summed E-state index contributed by atoms with van der Waals surface area (Å²) in [5.41, 5.74) is 2.24. The summed E-state index contributed by atoms with van der Waals surface area (Å²) in [5.74, 6) is 0.584. The highest BCUT2D eigenvalue weighted by Gasteiger charge is 2.35. The maximum absolute atomic E-state index is 13.1. The normalized spacial score (nSPS) is 17.8. The van der Waals surface area contributed by atoms with Crippen molar-refractivity contribution in [2.45, 2.75) is 26.8 Å². The third-order valence-corrected chi connectivity index (χ3v) is 7.61. The van der Waals surface area contributed by atoms with E-state index in [0.717, 1.165) is 24.5 Å². The summed E-state index contributed by atoms with van der Waals surface area (Å²) < 4.78 is 2.06. The van der Waals surface area contributed by atoms with Crippen molar-refractivity contribution in [2.75, 3.05) is 36.0 Å². The van der Waals surface area contributed by atoms with Gasteiger partial charge in [0.2, 0.25) is 0 Å². The Bertz CT molecular complexity index is 1270. The lowest BCUT2D eigenvalue weighted by molar-refractivity contribution is -0.123. The van der Waals surface area contributed by atoms with Crippen molar-refractivity contribution in [3.63, 3.8) is 0 Å². The molecule has 1 aromatic carbocycles. The van der Waals surface area contributed by atoms with E-state index in [-0.39, 0.29) is 23.1 Å². The third-order valence-electron chi connectivity index (χ3n) is 6.28. The molecule has 2 aromatic rings. The van der Waals surface area contributed by atoms with Crippen LogP contribution in [0.1, 0.15) is 30.5 Å². The van der Waals surface area contributed by atoms with Gasteiger partial charge in [0.15, 0.2) is 0 Å². The molecule has 7 nitrogen and oxygen atoms in total. The molecule has 1 aromatic heterocycles. The number of benzene rings is 1. The van der Waals surface area contributed by atoms with E-state index in [1.54, 1.807) is 29.5 Å². The number of nitrogens with zero attached hydrogens (tertiary/aromatic N) is 5. The SMILES string of the molecule is Cc1c(C=C2SC(=S)N(C(C)C)C2=O)c(N2CCN(c3ccccc3)CC2)n(C)c(=O)c1C#N. The van der Waals surface area contributed by atoms with Gasteiger partial charge in [-0.3, -0.25) is 19.1 Å². The van der Waals surface area contributed by atoms with Crippen molar-refractivity contribution >= 4 is 51.8 Å². The second kappa shape index (κ2) is 9.65. The van der Waals surface area contributed by atoms with E-state index in [9.17, 15) is 14.9 Å². The topological polar surface area (TPSA) is 72.6 Å². The fraction of sp³-hybridized carbons (Fsp3) is 0.360. The first-order valence-corrected chi connectivity index (χ1v) is 12.4. The van der Waals surface area contributed by atoms with Gasteiger partial charge in [0.25, 0.3) is 11.5 Å². The van der Waals surface area contributed by atoms with Gasteiger partial charge in [0.05, 0.1) is 4.91 Å². The van der Waals surface area contributed by atoms with Gasteiger partial charge in [-0.1, -0.05) is 42.2 Å². The number of anilines is 2. The average molecular weight is 494 g/mol. The Morgan fingerprint density at radius 1 is 1.09 bits per heavy atom. The van der Waals surface area contributed by atoms with Crippen LogP contribution in [0.25, 0.3) is 6.08 Å². The van der Waals surface area contributed by atoms with Crippen molar-refractivity contribution in [3.05, 3.63) is 62.3 Å². The lowest BCUT2D eigenvalue weighted by Crippen LogP contribution is -2.48. The van der Waals surface area contributed by atoms with Gasteiger partial charge in [-0.25, -0.2) is 0 Å². The lowest BCUT2D eigenvalue weighted by Gasteiger charge is -2.38. The monoisotopic (exact) mass is 493 g/mol. The Morgan fingerprint density at radius 3 is 2.26 bits per heavy atom. The number of amides is 1. The van der Waals surface area contributed by atoms with Gasteiger partial charge in [-0.15, -0.1) is 0 Å². The van der Waals surface area contributed by atoms with Crippen LogP contribution in [0.2, 0.25) is 0 Å². The van der Waals surface area contributed by atoms with Gasteiger partial charge < -0.3 is 9.80 Å². The minimum Gasteiger partial charge on any atom is -0.368 e. The number of rotatable bonds is 4.